The highest BCUT2D eigenvalue weighted by atomic mass is 16.5. The zero-order valence-electron chi connectivity index (χ0n) is 29.5. The second-order valence-corrected chi connectivity index (χ2v) is 12.3. The number of hydrogen-bond acceptors (Lipinski definition) is 6. The number of unbranched alkanes of at least 4 members (excludes halogenated alkanes) is 8. The highest BCUT2D eigenvalue weighted by molar-refractivity contribution is 5.67. The molecule has 1 unspecified atom stereocenters. The Hall–Kier alpha value is -4.00. The van der Waals surface area contributed by atoms with Gasteiger partial charge in [0.2, 0.25) is 11.5 Å². The molecule has 6 nitrogen and oxygen atoms in total. The number of methoxy groups -OCH3 is 4. The molecular weight excluding hydrogens is 600 g/mol. The normalized spacial score (nSPS) is 12.0. The summed E-state index contributed by atoms with van der Waals surface area (Å²) >= 11 is 0. The zero-order valence-corrected chi connectivity index (χ0v) is 29.5. The van der Waals surface area contributed by atoms with Crippen LogP contribution >= 0.6 is 0 Å². The van der Waals surface area contributed by atoms with E-state index in [4.69, 9.17) is 23.7 Å². The maximum Gasteiger partial charge on any atom is 0.207 e. The van der Waals surface area contributed by atoms with Gasteiger partial charge in [-0.15, -0.1) is 0 Å². The van der Waals surface area contributed by atoms with Crippen LogP contribution < -0.4 is 18.9 Å². The molecule has 4 aromatic rings. The Bertz CT molecular complexity index is 1390. The third-order valence-electron chi connectivity index (χ3n) is 9.24. The molecule has 1 atom stereocenters. The predicted octanol–water partition coefficient (Wildman–Crippen LogP) is 9.97. The van der Waals surface area contributed by atoms with Gasteiger partial charge in [-0.3, -0.25) is 0 Å². The molecule has 0 aliphatic rings. The van der Waals surface area contributed by atoms with Gasteiger partial charge in [-0.25, -0.2) is 0 Å². The summed E-state index contributed by atoms with van der Waals surface area (Å²) < 4.78 is 29.3. The van der Waals surface area contributed by atoms with Crippen LogP contribution in [0.15, 0.2) is 91.0 Å². The van der Waals surface area contributed by atoms with Gasteiger partial charge in [-0.1, -0.05) is 142 Å². The lowest BCUT2D eigenvalue weighted by molar-refractivity contribution is 0.0106. The van der Waals surface area contributed by atoms with Crippen LogP contribution in [0.1, 0.15) is 98.1 Å². The van der Waals surface area contributed by atoms with Gasteiger partial charge in [-0.05, 0) is 36.5 Å². The van der Waals surface area contributed by atoms with Crippen LogP contribution in [0.3, 0.4) is 0 Å². The monoisotopic (exact) mass is 654 g/mol. The van der Waals surface area contributed by atoms with Crippen molar-refractivity contribution in [2.45, 2.75) is 82.8 Å². The molecule has 0 spiro atoms. The Labute approximate surface area is 288 Å². The van der Waals surface area contributed by atoms with Crippen molar-refractivity contribution in [3.05, 3.63) is 119 Å². The number of ether oxygens (including phenoxy) is 5. The van der Waals surface area contributed by atoms with Crippen LogP contribution in [0.4, 0.5) is 0 Å². The number of benzene rings is 4. The van der Waals surface area contributed by atoms with Gasteiger partial charge in [0.05, 0.1) is 34.5 Å². The van der Waals surface area contributed by atoms with Crippen molar-refractivity contribution in [1.82, 2.24) is 0 Å². The number of aliphatic hydroxyl groups excluding tert-OH is 1. The first-order chi connectivity index (χ1) is 23.5. The summed E-state index contributed by atoms with van der Waals surface area (Å²) in [5.41, 5.74) is 4.29. The van der Waals surface area contributed by atoms with Crippen molar-refractivity contribution in [2.75, 3.05) is 35.0 Å². The Morgan fingerprint density at radius 2 is 0.875 bits per heavy atom. The summed E-state index contributed by atoms with van der Waals surface area (Å²) in [6, 6.07) is 31.8. The van der Waals surface area contributed by atoms with Gasteiger partial charge in [0.1, 0.15) is 5.60 Å². The van der Waals surface area contributed by atoms with E-state index < -0.39 is 11.7 Å². The first kappa shape index (κ1) is 36.8. The van der Waals surface area contributed by atoms with E-state index in [1.54, 1.807) is 28.4 Å². The largest absolute Gasteiger partial charge is 0.492 e. The topological polar surface area (TPSA) is 66.4 Å². The van der Waals surface area contributed by atoms with Gasteiger partial charge in [-0.2, -0.15) is 0 Å². The lowest BCUT2D eigenvalue weighted by Crippen LogP contribution is -2.33. The summed E-state index contributed by atoms with van der Waals surface area (Å²) in [5.74, 6) is 1.96. The lowest BCUT2D eigenvalue weighted by Gasteiger charge is -2.36. The molecule has 258 valence electrons. The Balaban J connectivity index is 1.20. The van der Waals surface area contributed by atoms with Crippen LogP contribution in [-0.4, -0.2) is 40.2 Å². The molecule has 0 aliphatic carbocycles. The molecule has 0 radical (unpaired) electrons. The van der Waals surface area contributed by atoms with Gasteiger partial charge >= 0.3 is 0 Å². The molecule has 0 saturated carbocycles. The molecule has 0 aliphatic heterocycles. The van der Waals surface area contributed by atoms with Crippen LogP contribution in [0.25, 0.3) is 0 Å². The highest BCUT2D eigenvalue weighted by Crippen LogP contribution is 2.51. The first-order valence-corrected chi connectivity index (χ1v) is 17.4. The van der Waals surface area contributed by atoms with E-state index in [-0.39, 0.29) is 0 Å². The molecule has 0 heterocycles. The molecule has 6 heteroatoms. The first-order valence-electron chi connectivity index (χ1n) is 17.4. The molecular formula is C42H54O6. The lowest BCUT2D eigenvalue weighted by atomic mass is 9.80. The van der Waals surface area contributed by atoms with Crippen molar-refractivity contribution in [3.63, 3.8) is 0 Å². The average molecular weight is 655 g/mol. The maximum atomic E-state index is 11.2. The quantitative estimate of drug-likeness (QED) is 0.0713. The van der Waals surface area contributed by atoms with Gasteiger partial charge < -0.3 is 28.8 Å². The molecule has 0 aromatic heterocycles. The Morgan fingerprint density at radius 3 is 1.29 bits per heavy atom. The predicted molar refractivity (Wildman–Crippen MR) is 194 cm³/mol. The second kappa shape index (κ2) is 19.1. The van der Waals surface area contributed by atoms with Crippen molar-refractivity contribution in [2.24, 2.45) is 0 Å². The van der Waals surface area contributed by atoms with Crippen molar-refractivity contribution < 1.29 is 28.8 Å². The van der Waals surface area contributed by atoms with E-state index in [2.05, 4.69) is 91.0 Å². The van der Waals surface area contributed by atoms with Crippen LogP contribution in [0, 0.1) is 6.92 Å². The number of rotatable bonds is 21. The summed E-state index contributed by atoms with van der Waals surface area (Å²) in [7, 11) is 6.31. The highest BCUT2D eigenvalue weighted by Gasteiger charge is 2.37. The standard InChI is InChI=1S/C42H54O6/c1-32-37(39(45-3)41(47-5)40(46-4)38(32)44-2)36(43)30-22-11-9-7-6-8-10-12-23-31-48-42(33-24-16-13-17-25-33,34-26-18-14-19-27-34)35-28-20-15-21-29-35/h13-21,24-29,36,43H,6-12,22-23,30-31H2,1-5H3. The fourth-order valence-corrected chi connectivity index (χ4v) is 6.83. The molecule has 0 bridgehead atoms. The summed E-state index contributed by atoms with van der Waals surface area (Å²) in [6.07, 6.45) is 10.2. The second-order valence-electron chi connectivity index (χ2n) is 12.3. The maximum absolute atomic E-state index is 11.2. The molecule has 48 heavy (non-hydrogen) atoms. The van der Waals surface area contributed by atoms with Gasteiger partial charge in [0.25, 0.3) is 0 Å². The molecule has 0 fully saturated rings. The fraction of sp³-hybridized carbons (Fsp3) is 0.429. The van der Waals surface area contributed by atoms with Gasteiger partial charge in [0, 0.05) is 17.7 Å². The van der Waals surface area contributed by atoms with E-state index in [1.807, 2.05) is 6.92 Å². The minimum atomic E-state index is -0.680. The van der Waals surface area contributed by atoms with E-state index in [9.17, 15) is 5.11 Å². The number of hydrogen-bond donors (Lipinski definition) is 1. The van der Waals surface area contributed by atoms with E-state index >= 15 is 0 Å². The third-order valence-corrected chi connectivity index (χ3v) is 9.24. The summed E-state index contributed by atoms with van der Waals surface area (Å²) in [6.45, 7) is 2.61. The van der Waals surface area contributed by atoms with E-state index in [1.165, 1.54) is 25.7 Å². The minimum absolute atomic E-state index is 0.436. The molecule has 0 amide bonds. The molecule has 0 saturated heterocycles. The zero-order chi connectivity index (χ0) is 34.2. The van der Waals surface area contributed by atoms with Gasteiger partial charge in [0.15, 0.2) is 11.5 Å². The van der Waals surface area contributed by atoms with Crippen molar-refractivity contribution in [3.8, 4) is 23.0 Å². The summed E-state index contributed by atoms with van der Waals surface area (Å²) in [5, 5.41) is 11.2. The van der Waals surface area contributed by atoms with E-state index in [0.717, 1.165) is 54.4 Å². The SMILES string of the molecule is COc1c(C)c(C(O)CCCCCCCCCCCOC(c2ccccc2)(c2ccccc2)c2ccccc2)c(OC)c(OC)c1OC. The van der Waals surface area contributed by atoms with Crippen molar-refractivity contribution >= 4 is 0 Å². The Morgan fingerprint density at radius 1 is 0.500 bits per heavy atom. The minimum Gasteiger partial charge on any atom is -0.492 e. The molecule has 1 N–H and O–H groups in total. The van der Waals surface area contributed by atoms with Crippen LogP contribution in [-0.2, 0) is 10.3 Å². The average Bonchev–Trinajstić information content (AvgIpc) is 3.14. The third kappa shape index (κ3) is 8.72. The van der Waals surface area contributed by atoms with Crippen molar-refractivity contribution in [1.29, 1.82) is 0 Å². The smallest absolute Gasteiger partial charge is 0.207 e. The molecule has 4 aromatic carbocycles. The van der Waals surface area contributed by atoms with E-state index in [0.29, 0.717) is 41.6 Å². The fourth-order valence-electron chi connectivity index (χ4n) is 6.83. The van der Waals surface area contributed by atoms with Crippen LogP contribution in [0.2, 0.25) is 0 Å². The Kier molecular flexibility index (Phi) is 14.7. The van der Waals surface area contributed by atoms with Crippen LogP contribution in [0.5, 0.6) is 23.0 Å². The molecule has 4 rings (SSSR count). The summed E-state index contributed by atoms with van der Waals surface area (Å²) in [4.78, 5) is 0. The number of aliphatic hydroxyl groups is 1.